The number of carbonyl (C=O) groups is 2. The van der Waals surface area contributed by atoms with Crippen molar-refractivity contribution in [2.45, 2.75) is 0 Å². The topological polar surface area (TPSA) is 70.7 Å². The summed E-state index contributed by atoms with van der Waals surface area (Å²) in [6.45, 7) is 2.45. The molecule has 1 fully saturated rings. The number of nitrogens with one attached hydrogen (secondary N) is 2. The average molecular weight is 389 g/mol. The Bertz CT molecular complexity index is 1030. The van der Waals surface area contributed by atoms with Gasteiger partial charge in [0.25, 0.3) is 5.91 Å². The Morgan fingerprint density at radius 1 is 0.862 bits per heavy atom. The molecule has 3 aromatic rings. The minimum atomic E-state index is -0.148. The summed E-state index contributed by atoms with van der Waals surface area (Å²) in [6.07, 6.45) is 0. The van der Waals surface area contributed by atoms with Crippen LogP contribution in [0.25, 0.3) is 10.8 Å². The van der Waals surface area contributed by atoms with Gasteiger partial charge in [0, 0.05) is 30.0 Å². The lowest BCUT2D eigenvalue weighted by molar-refractivity contribution is -0.114. The zero-order chi connectivity index (χ0) is 20.1. The highest BCUT2D eigenvalue weighted by molar-refractivity contribution is 5.97. The number of ether oxygens (including phenoxy) is 1. The Hall–Kier alpha value is -3.38. The van der Waals surface area contributed by atoms with Crippen molar-refractivity contribution >= 4 is 34.0 Å². The summed E-state index contributed by atoms with van der Waals surface area (Å²) in [4.78, 5) is 26.7. The number of hydrogen-bond donors (Lipinski definition) is 2. The molecule has 6 nitrogen and oxygen atoms in total. The van der Waals surface area contributed by atoms with Crippen LogP contribution in [0.15, 0.2) is 66.7 Å². The zero-order valence-corrected chi connectivity index (χ0v) is 16.1. The van der Waals surface area contributed by atoms with Crippen molar-refractivity contribution in [3.63, 3.8) is 0 Å². The molecule has 1 saturated heterocycles. The Kier molecular flexibility index (Phi) is 5.72. The van der Waals surface area contributed by atoms with Gasteiger partial charge in [-0.05, 0) is 41.1 Å². The van der Waals surface area contributed by atoms with Crippen molar-refractivity contribution in [2.75, 3.05) is 43.5 Å². The van der Waals surface area contributed by atoms with Gasteiger partial charge < -0.3 is 20.3 Å². The third-order valence-corrected chi connectivity index (χ3v) is 4.89. The maximum Gasteiger partial charge on any atom is 0.254 e. The number of anilines is 2. The molecule has 0 aliphatic carbocycles. The number of morpholine rings is 1. The van der Waals surface area contributed by atoms with E-state index in [9.17, 15) is 9.59 Å². The second-order valence-corrected chi connectivity index (χ2v) is 6.95. The van der Waals surface area contributed by atoms with E-state index in [2.05, 4.69) is 10.6 Å². The first kappa shape index (κ1) is 19.0. The standard InChI is InChI=1S/C23H23N3O3/c27-22(25-21-9-8-17-4-1-2-5-18(17)14-21)16-24-20-7-3-6-19(15-20)23(28)26-10-12-29-13-11-26/h1-9,14-15,24H,10-13,16H2,(H,25,27). The van der Waals surface area contributed by atoms with Gasteiger partial charge in [-0.1, -0.05) is 36.4 Å². The van der Waals surface area contributed by atoms with Crippen LogP contribution in [-0.4, -0.2) is 49.6 Å². The van der Waals surface area contributed by atoms with Crippen molar-refractivity contribution in [3.8, 4) is 0 Å². The molecule has 2 amide bonds. The quantitative estimate of drug-likeness (QED) is 0.702. The second-order valence-electron chi connectivity index (χ2n) is 6.95. The normalized spacial score (nSPS) is 13.9. The Balaban J connectivity index is 1.35. The molecular formula is C23H23N3O3. The molecule has 3 aromatic carbocycles. The maximum atomic E-state index is 12.6. The molecule has 0 saturated carbocycles. The fourth-order valence-corrected chi connectivity index (χ4v) is 3.37. The SMILES string of the molecule is O=C(CNc1cccc(C(=O)N2CCOCC2)c1)Nc1ccc2ccccc2c1. The molecule has 6 heteroatoms. The second kappa shape index (κ2) is 8.75. The molecule has 2 N–H and O–H groups in total. The van der Waals surface area contributed by atoms with Crippen LogP contribution in [0, 0.1) is 0 Å². The van der Waals surface area contributed by atoms with Gasteiger partial charge in [0.1, 0.15) is 0 Å². The van der Waals surface area contributed by atoms with Gasteiger partial charge in [-0.25, -0.2) is 0 Å². The first-order valence-electron chi connectivity index (χ1n) is 9.69. The summed E-state index contributed by atoms with van der Waals surface area (Å²) in [5.41, 5.74) is 2.09. The molecular weight excluding hydrogens is 366 g/mol. The molecule has 0 aromatic heterocycles. The van der Waals surface area contributed by atoms with Crippen LogP contribution in [0.3, 0.4) is 0 Å². The van der Waals surface area contributed by atoms with E-state index in [1.807, 2.05) is 54.6 Å². The third kappa shape index (κ3) is 4.73. The number of carbonyl (C=O) groups excluding carboxylic acids is 2. The number of hydrogen-bond acceptors (Lipinski definition) is 4. The van der Waals surface area contributed by atoms with Gasteiger partial charge >= 0.3 is 0 Å². The van der Waals surface area contributed by atoms with Crippen LogP contribution in [0.2, 0.25) is 0 Å². The third-order valence-electron chi connectivity index (χ3n) is 4.89. The van der Waals surface area contributed by atoms with Crippen molar-refractivity contribution in [3.05, 3.63) is 72.3 Å². The summed E-state index contributed by atoms with van der Waals surface area (Å²) in [5.74, 6) is -0.164. The number of benzene rings is 3. The lowest BCUT2D eigenvalue weighted by Gasteiger charge is -2.27. The molecule has 0 bridgehead atoms. The van der Waals surface area contributed by atoms with Gasteiger partial charge in [0.2, 0.25) is 5.91 Å². The van der Waals surface area contributed by atoms with Crippen molar-refractivity contribution in [1.29, 1.82) is 0 Å². The summed E-state index contributed by atoms with van der Waals surface area (Å²) in [7, 11) is 0. The molecule has 0 radical (unpaired) electrons. The van der Waals surface area contributed by atoms with Crippen LogP contribution in [-0.2, 0) is 9.53 Å². The number of fused-ring (bicyclic) bond motifs is 1. The van der Waals surface area contributed by atoms with Crippen LogP contribution in [0.5, 0.6) is 0 Å². The number of nitrogens with zero attached hydrogens (tertiary/aromatic N) is 1. The van der Waals surface area contributed by atoms with Gasteiger partial charge in [0.05, 0.1) is 19.8 Å². The van der Waals surface area contributed by atoms with Crippen LogP contribution in [0.4, 0.5) is 11.4 Å². The van der Waals surface area contributed by atoms with E-state index in [0.717, 1.165) is 22.1 Å². The molecule has 0 atom stereocenters. The monoisotopic (exact) mass is 389 g/mol. The first-order valence-corrected chi connectivity index (χ1v) is 9.69. The van der Waals surface area contributed by atoms with Gasteiger partial charge in [-0.2, -0.15) is 0 Å². The Morgan fingerprint density at radius 3 is 2.48 bits per heavy atom. The summed E-state index contributed by atoms with van der Waals surface area (Å²) in [5, 5.41) is 8.20. The molecule has 1 aliphatic rings. The van der Waals surface area contributed by atoms with Crippen molar-refractivity contribution in [1.82, 2.24) is 4.90 Å². The molecule has 4 rings (SSSR count). The summed E-state index contributed by atoms with van der Waals surface area (Å²) in [6, 6.07) is 21.1. The fraction of sp³-hybridized carbons (Fsp3) is 0.217. The predicted molar refractivity (Wildman–Crippen MR) is 114 cm³/mol. The maximum absolute atomic E-state index is 12.6. The molecule has 0 spiro atoms. The van der Waals surface area contributed by atoms with Crippen LogP contribution >= 0.6 is 0 Å². The highest BCUT2D eigenvalue weighted by Crippen LogP contribution is 2.19. The average Bonchev–Trinajstić information content (AvgIpc) is 2.78. The van der Waals surface area contributed by atoms with Gasteiger partial charge in [0.15, 0.2) is 0 Å². The molecule has 148 valence electrons. The largest absolute Gasteiger partial charge is 0.378 e. The van der Waals surface area contributed by atoms with Crippen LogP contribution in [0.1, 0.15) is 10.4 Å². The van der Waals surface area contributed by atoms with E-state index in [1.54, 1.807) is 17.0 Å². The highest BCUT2D eigenvalue weighted by atomic mass is 16.5. The minimum absolute atomic E-state index is 0.0161. The highest BCUT2D eigenvalue weighted by Gasteiger charge is 2.18. The van der Waals surface area contributed by atoms with Crippen molar-refractivity contribution in [2.24, 2.45) is 0 Å². The molecule has 1 aliphatic heterocycles. The van der Waals surface area contributed by atoms with Crippen molar-refractivity contribution < 1.29 is 14.3 Å². The molecule has 0 unspecified atom stereocenters. The Morgan fingerprint density at radius 2 is 1.66 bits per heavy atom. The molecule has 1 heterocycles. The van der Waals surface area contributed by atoms with E-state index in [4.69, 9.17) is 4.74 Å². The fourth-order valence-electron chi connectivity index (χ4n) is 3.37. The van der Waals surface area contributed by atoms with Gasteiger partial charge in [-0.3, -0.25) is 9.59 Å². The summed E-state index contributed by atoms with van der Waals surface area (Å²) < 4.78 is 5.30. The van der Waals surface area contributed by atoms with Gasteiger partial charge in [-0.15, -0.1) is 0 Å². The van der Waals surface area contributed by atoms with E-state index >= 15 is 0 Å². The lowest BCUT2D eigenvalue weighted by atomic mass is 10.1. The number of amides is 2. The smallest absolute Gasteiger partial charge is 0.254 e. The van der Waals surface area contributed by atoms with E-state index in [0.29, 0.717) is 31.9 Å². The lowest BCUT2D eigenvalue weighted by Crippen LogP contribution is -2.40. The first-order chi connectivity index (χ1) is 14.2. The predicted octanol–water partition coefficient (Wildman–Crippen LogP) is 3.36. The van der Waals surface area contributed by atoms with E-state index in [1.165, 1.54) is 0 Å². The van der Waals surface area contributed by atoms with E-state index in [-0.39, 0.29) is 18.4 Å². The zero-order valence-electron chi connectivity index (χ0n) is 16.1. The summed E-state index contributed by atoms with van der Waals surface area (Å²) >= 11 is 0. The minimum Gasteiger partial charge on any atom is -0.378 e. The Labute approximate surface area is 169 Å². The number of rotatable bonds is 5. The van der Waals surface area contributed by atoms with Crippen LogP contribution < -0.4 is 10.6 Å². The molecule has 29 heavy (non-hydrogen) atoms. The van der Waals surface area contributed by atoms with E-state index < -0.39 is 0 Å².